The van der Waals surface area contributed by atoms with Gasteiger partial charge in [0.15, 0.2) is 0 Å². The summed E-state index contributed by atoms with van der Waals surface area (Å²) in [5, 5.41) is 0. The fraction of sp³-hybridized carbons (Fsp3) is 0.900. The maximum absolute atomic E-state index is 12.4. The Bertz CT molecular complexity index is 652. The quantitative estimate of drug-likeness (QED) is 0.0326. The van der Waals surface area contributed by atoms with Crippen molar-refractivity contribution in [1.82, 2.24) is 0 Å². The standard InChI is InChI=1S/C30H60NO7P/c1-6-8-10-12-14-15-16-17-18-20-22-25-35-27-29(38-30(32)23-21-19-13-11-9-7-2)28-37-39(33,34)36-26-24-31(3,4)5/h10,12,29H,6-9,11,13-28H2,1-5H3/b12-10-. The van der Waals surface area contributed by atoms with Crippen LogP contribution in [-0.2, 0) is 27.9 Å². The van der Waals surface area contributed by atoms with Crippen LogP contribution in [0.25, 0.3) is 0 Å². The molecule has 8 nitrogen and oxygen atoms in total. The number of esters is 1. The van der Waals surface area contributed by atoms with Crippen molar-refractivity contribution in [3.05, 3.63) is 12.2 Å². The third-order valence-corrected chi connectivity index (χ3v) is 7.26. The summed E-state index contributed by atoms with van der Waals surface area (Å²) in [5.41, 5.74) is 0. The van der Waals surface area contributed by atoms with E-state index in [-0.39, 0.29) is 25.8 Å². The summed E-state index contributed by atoms with van der Waals surface area (Å²) < 4.78 is 34.0. The largest absolute Gasteiger partial charge is 0.756 e. The first kappa shape index (κ1) is 38.2. The molecule has 0 fully saturated rings. The first-order chi connectivity index (χ1) is 18.6. The number of carbonyl (C=O) groups is 1. The van der Waals surface area contributed by atoms with E-state index in [1.807, 2.05) is 21.1 Å². The highest BCUT2D eigenvalue weighted by atomic mass is 31.2. The SMILES string of the molecule is CCC/C=C\CCCCCCCCOCC(COP(=O)([O-])OCC[N+](C)(C)C)OC(=O)CCCCCCCC. The highest BCUT2D eigenvalue weighted by Crippen LogP contribution is 2.38. The van der Waals surface area contributed by atoms with Crippen LogP contribution in [-0.4, -0.2) is 70.7 Å². The molecule has 0 bridgehead atoms. The Hall–Kier alpha value is -0.760. The Balaban J connectivity index is 4.35. The van der Waals surface area contributed by atoms with Crippen LogP contribution < -0.4 is 4.89 Å². The monoisotopic (exact) mass is 577 g/mol. The Labute approximate surface area is 240 Å². The van der Waals surface area contributed by atoms with Gasteiger partial charge in [-0.3, -0.25) is 9.36 Å². The lowest BCUT2D eigenvalue weighted by Crippen LogP contribution is -2.37. The van der Waals surface area contributed by atoms with Gasteiger partial charge in [-0.15, -0.1) is 0 Å². The van der Waals surface area contributed by atoms with Gasteiger partial charge in [-0.2, -0.15) is 0 Å². The number of likely N-dealkylation sites (N-methyl/N-ethyl adjacent to an activating group) is 1. The number of hydrogen-bond acceptors (Lipinski definition) is 7. The number of quaternary nitrogens is 1. The molecule has 39 heavy (non-hydrogen) atoms. The van der Waals surface area contributed by atoms with Crippen LogP contribution in [0.3, 0.4) is 0 Å². The zero-order chi connectivity index (χ0) is 29.2. The molecule has 0 aliphatic carbocycles. The molecule has 0 aliphatic heterocycles. The van der Waals surface area contributed by atoms with Crippen molar-refractivity contribution < 1.29 is 37.3 Å². The van der Waals surface area contributed by atoms with E-state index < -0.39 is 13.9 Å². The minimum absolute atomic E-state index is 0.0266. The number of phosphoric ester groups is 1. The van der Waals surface area contributed by atoms with Gasteiger partial charge in [-0.1, -0.05) is 90.2 Å². The molecule has 232 valence electrons. The summed E-state index contributed by atoms with van der Waals surface area (Å²) in [6.07, 6.45) is 21.0. The molecule has 0 saturated carbocycles. The molecular weight excluding hydrogens is 517 g/mol. The van der Waals surface area contributed by atoms with Gasteiger partial charge in [0.25, 0.3) is 7.82 Å². The highest BCUT2D eigenvalue weighted by Gasteiger charge is 2.20. The summed E-state index contributed by atoms with van der Waals surface area (Å²) in [7, 11) is 1.35. The molecule has 2 unspecified atom stereocenters. The lowest BCUT2D eigenvalue weighted by molar-refractivity contribution is -0.870. The molecule has 0 radical (unpaired) electrons. The number of hydrogen-bond donors (Lipinski definition) is 0. The van der Waals surface area contributed by atoms with Crippen LogP contribution in [0.15, 0.2) is 12.2 Å². The van der Waals surface area contributed by atoms with Gasteiger partial charge in [0, 0.05) is 13.0 Å². The van der Waals surface area contributed by atoms with E-state index in [4.69, 9.17) is 18.5 Å². The molecule has 2 atom stereocenters. The Kier molecular flexibility index (Phi) is 24.5. The van der Waals surface area contributed by atoms with Gasteiger partial charge in [-0.25, -0.2) is 0 Å². The fourth-order valence-corrected chi connectivity index (χ4v) is 4.57. The van der Waals surface area contributed by atoms with E-state index in [1.54, 1.807) is 0 Å². The minimum atomic E-state index is -4.50. The third kappa shape index (κ3) is 28.6. The van der Waals surface area contributed by atoms with Crippen molar-refractivity contribution in [1.29, 1.82) is 0 Å². The molecule has 0 saturated heterocycles. The van der Waals surface area contributed by atoms with Gasteiger partial charge in [-0.05, 0) is 32.1 Å². The zero-order valence-corrected chi connectivity index (χ0v) is 26.7. The fourth-order valence-electron chi connectivity index (χ4n) is 3.84. The van der Waals surface area contributed by atoms with E-state index >= 15 is 0 Å². The van der Waals surface area contributed by atoms with Gasteiger partial charge in [0.05, 0.1) is 34.4 Å². The first-order valence-electron chi connectivity index (χ1n) is 15.4. The van der Waals surface area contributed by atoms with Crippen LogP contribution in [0.5, 0.6) is 0 Å². The topological polar surface area (TPSA) is 94.1 Å². The number of unbranched alkanes of at least 4 members (excludes halogenated alkanes) is 12. The molecule has 0 aromatic heterocycles. The van der Waals surface area contributed by atoms with Crippen LogP contribution in [0.2, 0.25) is 0 Å². The number of carbonyl (C=O) groups excluding carboxylic acids is 1. The summed E-state index contributed by atoms with van der Waals surface area (Å²) >= 11 is 0. The van der Waals surface area contributed by atoms with E-state index in [1.165, 1.54) is 64.2 Å². The van der Waals surface area contributed by atoms with E-state index in [0.29, 0.717) is 24.1 Å². The number of ether oxygens (including phenoxy) is 2. The van der Waals surface area contributed by atoms with Crippen molar-refractivity contribution >= 4 is 13.8 Å². The van der Waals surface area contributed by atoms with Gasteiger partial charge < -0.3 is 27.9 Å². The minimum Gasteiger partial charge on any atom is -0.756 e. The second-order valence-corrected chi connectivity index (χ2v) is 12.9. The lowest BCUT2D eigenvalue weighted by Gasteiger charge is -2.28. The van der Waals surface area contributed by atoms with Gasteiger partial charge in [0.2, 0.25) is 0 Å². The number of rotatable bonds is 28. The molecule has 0 aliphatic rings. The van der Waals surface area contributed by atoms with E-state index in [9.17, 15) is 14.3 Å². The van der Waals surface area contributed by atoms with Crippen LogP contribution in [0.4, 0.5) is 0 Å². The van der Waals surface area contributed by atoms with Crippen molar-refractivity contribution in [3.8, 4) is 0 Å². The number of nitrogens with zero attached hydrogens (tertiary/aromatic N) is 1. The molecule has 9 heteroatoms. The molecule has 0 rings (SSSR count). The average Bonchev–Trinajstić information content (AvgIpc) is 2.86. The normalized spacial score (nSPS) is 14.5. The summed E-state index contributed by atoms with van der Waals surface area (Å²) in [5.74, 6) is -0.348. The maximum atomic E-state index is 12.4. The Morgan fingerprint density at radius 3 is 2.05 bits per heavy atom. The smallest absolute Gasteiger partial charge is 0.306 e. The zero-order valence-electron chi connectivity index (χ0n) is 25.8. The van der Waals surface area contributed by atoms with Gasteiger partial charge >= 0.3 is 5.97 Å². The van der Waals surface area contributed by atoms with Crippen molar-refractivity contribution in [3.63, 3.8) is 0 Å². The summed E-state index contributed by atoms with van der Waals surface area (Å²) in [6, 6.07) is 0. The second-order valence-electron chi connectivity index (χ2n) is 11.5. The summed E-state index contributed by atoms with van der Waals surface area (Å²) in [6.45, 7) is 5.25. The van der Waals surface area contributed by atoms with E-state index in [0.717, 1.165) is 32.1 Å². The Morgan fingerprint density at radius 1 is 0.769 bits per heavy atom. The molecule has 0 aromatic carbocycles. The lowest BCUT2D eigenvalue weighted by atomic mass is 10.1. The van der Waals surface area contributed by atoms with Crippen LogP contribution in [0, 0.1) is 0 Å². The van der Waals surface area contributed by atoms with Crippen molar-refractivity contribution in [2.75, 3.05) is 54.1 Å². The van der Waals surface area contributed by atoms with Crippen LogP contribution >= 0.6 is 7.82 Å². The summed E-state index contributed by atoms with van der Waals surface area (Å²) in [4.78, 5) is 24.5. The highest BCUT2D eigenvalue weighted by molar-refractivity contribution is 7.45. The van der Waals surface area contributed by atoms with Crippen molar-refractivity contribution in [2.45, 2.75) is 123 Å². The predicted octanol–water partition coefficient (Wildman–Crippen LogP) is 6.96. The average molecular weight is 578 g/mol. The molecular formula is C30H60NO7P. The molecule has 0 heterocycles. The third-order valence-electron chi connectivity index (χ3n) is 6.30. The number of phosphoric acid groups is 1. The van der Waals surface area contributed by atoms with E-state index in [2.05, 4.69) is 26.0 Å². The molecule has 0 amide bonds. The van der Waals surface area contributed by atoms with Gasteiger partial charge in [0.1, 0.15) is 19.3 Å². The predicted molar refractivity (Wildman–Crippen MR) is 157 cm³/mol. The maximum Gasteiger partial charge on any atom is 0.306 e. The molecule has 0 aromatic rings. The number of allylic oxidation sites excluding steroid dienone is 2. The van der Waals surface area contributed by atoms with Crippen LogP contribution in [0.1, 0.15) is 117 Å². The van der Waals surface area contributed by atoms with Crippen molar-refractivity contribution in [2.24, 2.45) is 0 Å². The Morgan fingerprint density at radius 2 is 1.38 bits per heavy atom. The molecule has 0 spiro atoms. The first-order valence-corrected chi connectivity index (χ1v) is 16.9. The second kappa shape index (κ2) is 25.0. The molecule has 0 N–H and O–H groups in total.